The lowest BCUT2D eigenvalue weighted by Gasteiger charge is -2.24. The van der Waals surface area contributed by atoms with Crippen LogP contribution in [0.15, 0.2) is 49.1 Å². The fraction of sp³-hybridized carbons (Fsp3) is 0.286. The van der Waals surface area contributed by atoms with Gasteiger partial charge in [-0.3, -0.25) is 4.79 Å². The number of nitrogens with zero attached hydrogens (tertiary/aromatic N) is 5. The van der Waals surface area contributed by atoms with E-state index in [2.05, 4.69) is 40.0 Å². The van der Waals surface area contributed by atoms with E-state index in [1.54, 1.807) is 6.33 Å². The summed E-state index contributed by atoms with van der Waals surface area (Å²) >= 11 is 0. The summed E-state index contributed by atoms with van der Waals surface area (Å²) in [6.07, 6.45) is 5.69. The Bertz CT molecular complexity index is 1180. The third-order valence-electron chi connectivity index (χ3n) is 5.17. The number of aromatic nitrogens is 5. The molecule has 4 aromatic rings. The van der Waals surface area contributed by atoms with Crippen LogP contribution in [0.25, 0.3) is 16.9 Å². The first-order chi connectivity index (χ1) is 13.4. The molecule has 0 atom stereocenters. The normalized spacial score (nSPS) is 14.0. The minimum absolute atomic E-state index is 0.00950. The summed E-state index contributed by atoms with van der Waals surface area (Å²) in [4.78, 5) is 22.3. The van der Waals surface area contributed by atoms with Gasteiger partial charge in [-0.05, 0) is 51.1 Å². The predicted octanol–water partition coefficient (Wildman–Crippen LogP) is 3.46. The third-order valence-corrected chi connectivity index (χ3v) is 5.17. The van der Waals surface area contributed by atoms with Crippen molar-refractivity contribution in [3.05, 3.63) is 65.9 Å². The van der Waals surface area contributed by atoms with Crippen LogP contribution in [0.3, 0.4) is 0 Å². The molecule has 0 saturated carbocycles. The van der Waals surface area contributed by atoms with Gasteiger partial charge in [0.2, 0.25) is 0 Å². The SMILES string of the molecule is CC(C)(C)n1nc2c(c1-n1cccc1)CN(C(=O)c1ccc3nc[nH]c3c1)C2. The minimum atomic E-state index is -0.148. The van der Waals surface area contributed by atoms with Crippen molar-refractivity contribution in [3.63, 3.8) is 0 Å². The molecule has 5 rings (SSSR count). The summed E-state index contributed by atoms with van der Waals surface area (Å²) < 4.78 is 4.15. The number of benzene rings is 1. The molecule has 0 unspecified atom stereocenters. The summed E-state index contributed by atoms with van der Waals surface area (Å²) in [6.45, 7) is 7.51. The van der Waals surface area contributed by atoms with Crippen LogP contribution in [-0.4, -0.2) is 35.1 Å². The highest BCUT2D eigenvalue weighted by molar-refractivity contribution is 5.97. The van der Waals surface area contributed by atoms with E-state index in [9.17, 15) is 4.79 Å². The van der Waals surface area contributed by atoms with Gasteiger partial charge in [0.1, 0.15) is 5.82 Å². The Hall–Kier alpha value is -3.35. The largest absolute Gasteiger partial charge is 0.345 e. The number of aromatic amines is 1. The maximum atomic E-state index is 13.1. The number of carbonyl (C=O) groups excluding carboxylic acids is 1. The monoisotopic (exact) mass is 374 g/mol. The van der Waals surface area contributed by atoms with Gasteiger partial charge in [0.15, 0.2) is 0 Å². The molecule has 0 radical (unpaired) electrons. The fourth-order valence-corrected chi connectivity index (χ4v) is 3.81. The summed E-state index contributed by atoms with van der Waals surface area (Å²) in [5.41, 5.74) is 4.32. The van der Waals surface area contributed by atoms with E-state index in [0.29, 0.717) is 18.7 Å². The fourth-order valence-electron chi connectivity index (χ4n) is 3.81. The molecule has 0 aliphatic carbocycles. The molecule has 7 heteroatoms. The standard InChI is InChI=1S/C21H22N6O/c1-21(2,3)27-19(25-8-4-5-9-25)15-11-26(12-18(15)24-27)20(28)14-6-7-16-17(10-14)23-13-22-16/h4-10,13H,11-12H2,1-3H3,(H,22,23). The zero-order chi connectivity index (χ0) is 19.5. The molecule has 0 spiro atoms. The van der Waals surface area contributed by atoms with Crippen LogP contribution in [-0.2, 0) is 18.6 Å². The van der Waals surface area contributed by atoms with Gasteiger partial charge in [0.05, 0.1) is 41.7 Å². The van der Waals surface area contributed by atoms with E-state index < -0.39 is 0 Å². The Morgan fingerprint density at radius 3 is 2.68 bits per heavy atom. The molecule has 142 valence electrons. The number of H-pyrrole nitrogens is 1. The smallest absolute Gasteiger partial charge is 0.254 e. The molecular weight excluding hydrogens is 352 g/mol. The molecule has 7 nitrogen and oxygen atoms in total. The Labute approximate surface area is 162 Å². The molecule has 0 saturated heterocycles. The van der Waals surface area contributed by atoms with Crippen LogP contribution >= 0.6 is 0 Å². The number of hydrogen-bond acceptors (Lipinski definition) is 3. The maximum Gasteiger partial charge on any atom is 0.254 e. The number of rotatable bonds is 2. The first-order valence-electron chi connectivity index (χ1n) is 9.39. The van der Waals surface area contributed by atoms with Gasteiger partial charge in [-0.25, -0.2) is 9.67 Å². The number of hydrogen-bond donors (Lipinski definition) is 1. The molecule has 1 aliphatic rings. The van der Waals surface area contributed by atoms with Crippen molar-refractivity contribution in [2.45, 2.75) is 39.4 Å². The lowest BCUT2D eigenvalue weighted by molar-refractivity contribution is 0.0748. The molecule has 3 aromatic heterocycles. The van der Waals surface area contributed by atoms with Crippen LogP contribution in [0.2, 0.25) is 0 Å². The molecule has 1 aliphatic heterocycles. The van der Waals surface area contributed by atoms with Crippen molar-refractivity contribution in [2.75, 3.05) is 0 Å². The van der Waals surface area contributed by atoms with Crippen LogP contribution in [0.5, 0.6) is 0 Å². The highest BCUT2D eigenvalue weighted by Crippen LogP contribution is 2.32. The van der Waals surface area contributed by atoms with Crippen molar-refractivity contribution < 1.29 is 4.79 Å². The quantitative estimate of drug-likeness (QED) is 0.584. The topological polar surface area (TPSA) is 71.7 Å². The molecule has 1 aromatic carbocycles. The maximum absolute atomic E-state index is 13.1. The van der Waals surface area contributed by atoms with Gasteiger partial charge < -0.3 is 14.5 Å². The average Bonchev–Trinajstić information content (AvgIpc) is 3.40. The number of amides is 1. The Balaban J connectivity index is 1.51. The third kappa shape index (κ3) is 2.54. The zero-order valence-electron chi connectivity index (χ0n) is 16.2. The zero-order valence-corrected chi connectivity index (χ0v) is 16.2. The van der Waals surface area contributed by atoms with Gasteiger partial charge in [0.25, 0.3) is 5.91 Å². The van der Waals surface area contributed by atoms with Gasteiger partial charge in [0, 0.05) is 23.5 Å². The summed E-state index contributed by atoms with van der Waals surface area (Å²) in [5.74, 6) is 1.04. The number of nitrogens with one attached hydrogen (secondary N) is 1. The van der Waals surface area contributed by atoms with Crippen molar-refractivity contribution in [3.8, 4) is 5.82 Å². The summed E-state index contributed by atoms with van der Waals surface area (Å²) in [5, 5.41) is 4.87. The lowest BCUT2D eigenvalue weighted by atomic mass is 10.1. The summed E-state index contributed by atoms with van der Waals surface area (Å²) in [7, 11) is 0. The summed E-state index contributed by atoms with van der Waals surface area (Å²) in [6, 6.07) is 9.58. The lowest BCUT2D eigenvalue weighted by Crippen LogP contribution is -2.29. The Morgan fingerprint density at radius 1 is 1.14 bits per heavy atom. The molecule has 28 heavy (non-hydrogen) atoms. The molecule has 1 amide bonds. The second-order valence-electron chi connectivity index (χ2n) is 8.22. The van der Waals surface area contributed by atoms with Gasteiger partial charge in [-0.2, -0.15) is 5.10 Å². The molecule has 0 fully saturated rings. The molecule has 1 N–H and O–H groups in total. The van der Waals surface area contributed by atoms with Crippen molar-refractivity contribution in [1.82, 2.24) is 29.2 Å². The van der Waals surface area contributed by atoms with Crippen LogP contribution in [0.4, 0.5) is 0 Å². The molecule has 4 heterocycles. The van der Waals surface area contributed by atoms with E-state index in [0.717, 1.165) is 28.1 Å². The number of fused-ring (bicyclic) bond motifs is 2. The van der Waals surface area contributed by atoms with E-state index in [-0.39, 0.29) is 11.4 Å². The second-order valence-corrected chi connectivity index (χ2v) is 8.22. The average molecular weight is 374 g/mol. The van der Waals surface area contributed by atoms with E-state index in [4.69, 9.17) is 5.10 Å². The van der Waals surface area contributed by atoms with Crippen molar-refractivity contribution in [2.24, 2.45) is 0 Å². The van der Waals surface area contributed by atoms with E-state index in [1.165, 1.54) is 0 Å². The van der Waals surface area contributed by atoms with Gasteiger partial charge in [-0.15, -0.1) is 0 Å². The van der Waals surface area contributed by atoms with Gasteiger partial charge in [-0.1, -0.05) is 0 Å². The van der Waals surface area contributed by atoms with Crippen LogP contribution < -0.4 is 0 Å². The predicted molar refractivity (Wildman–Crippen MR) is 106 cm³/mol. The van der Waals surface area contributed by atoms with E-state index in [1.807, 2.05) is 47.6 Å². The van der Waals surface area contributed by atoms with Crippen LogP contribution in [0.1, 0.15) is 42.4 Å². The number of carbonyl (C=O) groups is 1. The second kappa shape index (κ2) is 5.82. The van der Waals surface area contributed by atoms with Gasteiger partial charge >= 0.3 is 0 Å². The molecule has 0 bridgehead atoms. The van der Waals surface area contributed by atoms with Crippen molar-refractivity contribution in [1.29, 1.82) is 0 Å². The highest BCUT2D eigenvalue weighted by atomic mass is 16.2. The first-order valence-corrected chi connectivity index (χ1v) is 9.39. The Kier molecular flexibility index (Phi) is 3.49. The van der Waals surface area contributed by atoms with Crippen molar-refractivity contribution >= 4 is 16.9 Å². The van der Waals surface area contributed by atoms with Crippen LogP contribution in [0, 0.1) is 0 Å². The van der Waals surface area contributed by atoms with E-state index >= 15 is 0 Å². The first kappa shape index (κ1) is 16.8. The highest BCUT2D eigenvalue weighted by Gasteiger charge is 2.34. The Morgan fingerprint density at radius 2 is 1.93 bits per heavy atom. The number of imidazole rings is 1. The molecular formula is C21H22N6O. The minimum Gasteiger partial charge on any atom is -0.345 e.